The Morgan fingerprint density at radius 1 is 0.903 bits per heavy atom. The Kier molecular flexibility index (Phi) is 4.32. The summed E-state index contributed by atoms with van der Waals surface area (Å²) in [5.74, 6) is -0.0250. The molecule has 0 bridgehead atoms. The molecule has 0 saturated carbocycles. The van der Waals surface area contributed by atoms with E-state index in [4.69, 9.17) is 9.47 Å². The van der Waals surface area contributed by atoms with Crippen molar-refractivity contribution >= 4 is 23.4 Å². The van der Waals surface area contributed by atoms with Gasteiger partial charge in [0.1, 0.15) is 5.75 Å². The Hall–Kier alpha value is -4.33. The van der Waals surface area contributed by atoms with Crippen molar-refractivity contribution in [2.75, 3.05) is 12.1 Å². The third kappa shape index (κ3) is 3.33. The molecule has 5 rings (SSSR count). The summed E-state index contributed by atoms with van der Waals surface area (Å²) in [6, 6.07) is 15.7. The van der Waals surface area contributed by atoms with Gasteiger partial charge in [-0.2, -0.15) is 0 Å². The second-order valence-corrected chi connectivity index (χ2v) is 7.15. The van der Waals surface area contributed by atoms with E-state index in [1.807, 2.05) is 0 Å². The number of hydrogen-bond acceptors (Lipinski definition) is 6. The van der Waals surface area contributed by atoms with Crippen LogP contribution < -0.4 is 14.8 Å². The minimum Gasteiger partial charge on any atom is -0.508 e. The van der Waals surface area contributed by atoms with Crippen LogP contribution in [-0.2, 0) is 6.54 Å². The summed E-state index contributed by atoms with van der Waals surface area (Å²) >= 11 is 0. The van der Waals surface area contributed by atoms with Gasteiger partial charge in [-0.1, -0.05) is 6.07 Å². The number of anilines is 1. The number of amides is 3. The maximum absolute atomic E-state index is 12.9. The van der Waals surface area contributed by atoms with E-state index < -0.39 is 17.7 Å². The zero-order valence-corrected chi connectivity index (χ0v) is 16.1. The molecule has 0 aliphatic carbocycles. The number of ether oxygens (including phenoxy) is 2. The van der Waals surface area contributed by atoms with Crippen molar-refractivity contribution in [3.05, 3.63) is 82.9 Å². The smallest absolute Gasteiger partial charge is 0.261 e. The minimum atomic E-state index is -0.461. The Balaban J connectivity index is 1.36. The first-order valence-electron chi connectivity index (χ1n) is 9.49. The highest BCUT2D eigenvalue weighted by Gasteiger charge is 2.36. The number of benzene rings is 3. The second kappa shape index (κ2) is 7.17. The van der Waals surface area contributed by atoms with Crippen molar-refractivity contribution in [2.45, 2.75) is 6.54 Å². The van der Waals surface area contributed by atoms with Crippen LogP contribution in [-0.4, -0.2) is 34.5 Å². The second-order valence-electron chi connectivity index (χ2n) is 7.15. The number of hydrogen-bond donors (Lipinski definition) is 2. The average Bonchev–Trinajstić information content (AvgIpc) is 3.33. The van der Waals surface area contributed by atoms with Gasteiger partial charge in [-0.25, -0.2) is 0 Å². The van der Waals surface area contributed by atoms with Gasteiger partial charge in [-0.15, -0.1) is 0 Å². The van der Waals surface area contributed by atoms with Gasteiger partial charge in [-0.3, -0.25) is 19.3 Å². The highest BCUT2D eigenvalue weighted by atomic mass is 16.7. The third-order valence-corrected chi connectivity index (χ3v) is 5.14. The molecule has 154 valence electrons. The summed E-state index contributed by atoms with van der Waals surface area (Å²) in [4.78, 5) is 39.4. The van der Waals surface area contributed by atoms with Gasteiger partial charge in [0.25, 0.3) is 17.7 Å². The summed E-state index contributed by atoms with van der Waals surface area (Å²) in [7, 11) is 0. The normalized spacial score (nSPS) is 14.0. The summed E-state index contributed by atoms with van der Waals surface area (Å²) < 4.78 is 10.6. The third-order valence-electron chi connectivity index (χ3n) is 5.14. The zero-order valence-electron chi connectivity index (χ0n) is 16.1. The lowest BCUT2D eigenvalue weighted by Crippen LogP contribution is -2.29. The predicted molar refractivity (Wildman–Crippen MR) is 109 cm³/mol. The zero-order chi connectivity index (χ0) is 21.5. The molecule has 3 aromatic rings. The van der Waals surface area contributed by atoms with Crippen LogP contribution in [0.2, 0.25) is 0 Å². The van der Waals surface area contributed by atoms with Crippen LogP contribution in [0.3, 0.4) is 0 Å². The molecule has 8 heteroatoms. The minimum absolute atomic E-state index is 0.0814. The fourth-order valence-corrected chi connectivity index (χ4v) is 3.55. The van der Waals surface area contributed by atoms with Crippen LogP contribution in [0, 0.1) is 0 Å². The summed E-state index contributed by atoms with van der Waals surface area (Å²) in [6.07, 6.45) is 0. The number of nitrogens with zero attached hydrogens (tertiary/aromatic N) is 1. The molecule has 8 nitrogen and oxygen atoms in total. The van der Waals surface area contributed by atoms with Gasteiger partial charge in [-0.05, 0) is 60.2 Å². The first-order chi connectivity index (χ1) is 15.0. The van der Waals surface area contributed by atoms with E-state index in [0.29, 0.717) is 17.2 Å². The van der Waals surface area contributed by atoms with Crippen molar-refractivity contribution in [3.63, 3.8) is 0 Å². The predicted octanol–water partition coefficient (Wildman–Crippen LogP) is 3.17. The van der Waals surface area contributed by atoms with Crippen molar-refractivity contribution < 1.29 is 29.0 Å². The van der Waals surface area contributed by atoms with Crippen LogP contribution in [0.4, 0.5) is 5.69 Å². The molecule has 0 aromatic heterocycles. The average molecular weight is 416 g/mol. The molecular weight excluding hydrogens is 400 g/mol. The molecule has 2 aliphatic heterocycles. The first-order valence-corrected chi connectivity index (χ1v) is 9.49. The number of carbonyl (C=O) groups is 3. The Bertz CT molecular complexity index is 1240. The number of carbonyl (C=O) groups excluding carboxylic acids is 3. The fourth-order valence-electron chi connectivity index (χ4n) is 3.55. The van der Waals surface area contributed by atoms with Gasteiger partial charge in [0.2, 0.25) is 6.79 Å². The molecule has 0 radical (unpaired) electrons. The van der Waals surface area contributed by atoms with Gasteiger partial charge in [0.05, 0.1) is 17.7 Å². The Morgan fingerprint density at radius 2 is 1.65 bits per heavy atom. The SMILES string of the molecule is O=C(Nc1ccc(O)cc1)c1ccc2c(c1)C(=O)N(Cc1ccc3c(c1)OCO3)C2=O. The number of phenolic OH excluding ortho intramolecular Hbond substituents is 1. The monoisotopic (exact) mass is 416 g/mol. The molecule has 0 spiro atoms. The highest BCUT2D eigenvalue weighted by molar-refractivity contribution is 6.22. The molecule has 0 fully saturated rings. The van der Waals surface area contributed by atoms with Gasteiger partial charge in [0.15, 0.2) is 11.5 Å². The molecule has 0 atom stereocenters. The van der Waals surface area contributed by atoms with Crippen LogP contribution >= 0.6 is 0 Å². The standard InChI is InChI=1S/C23H16N2O6/c26-16-5-3-15(4-6-16)24-21(27)14-2-7-17-18(10-14)23(29)25(22(17)28)11-13-1-8-19-20(9-13)31-12-30-19/h1-10,26H,11-12H2,(H,24,27). The number of aromatic hydroxyl groups is 1. The van der Waals surface area contributed by atoms with E-state index in [2.05, 4.69) is 5.32 Å². The topological polar surface area (TPSA) is 105 Å². The van der Waals surface area contributed by atoms with Crippen molar-refractivity contribution in [1.29, 1.82) is 0 Å². The lowest BCUT2D eigenvalue weighted by molar-refractivity contribution is 0.0642. The lowest BCUT2D eigenvalue weighted by Gasteiger charge is -2.14. The molecule has 0 unspecified atom stereocenters. The number of rotatable bonds is 4. The number of imide groups is 1. The van der Waals surface area contributed by atoms with E-state index in [0.717, 1.165) is 10.5 Å². The maximum atomic E-state index is 12.9. The summed E-state index contributed by atoms with van der Waals surface area (Å²) in [6.45, 7) is 0.221. The van der Waals surface area contributed by atoms with Gasteiger partial charge >= 0.3 is 0 Å². The molecule has 3 aromatic carbocycles. The van der Waals surface area contributed by atoms with Crippen LogP contribution in [0.15, 0.2) is 60.7 Å². The molecule has 31 heavy (non-hydrogen) atoms. The van der Waals surface area contributed by atoms with Crippen molar-refractivity contribution in [1.82, 2.24) is 4.90 Å². The van der Waals surface area contributed by atoms with Crippen molar-refractivity contribution in [3.8, 4) is 17.2 Å². The highest BCUT2D eigenvalue weighted by Crippen LogP contribution is 2.34. The molecule has 0 saturated heterocycles. The van der Waals surface area contributed by atoms with Gasteiger partial charge < -0.3 is 19.9 Å². The summed E-state index contributed by atoms with van der Waals surface area (Å²) in [5, 5.41) is 12.0. The van der Waals surface area contributed by atoms with Crippen molar-refractivity contribution in [2.24, 2.45) is 0 Å². The quantitative estimate of drug-likeness (QED) is 0.500. The molecule has 3 amide bonds. The van der Waals surface area contributed by atoms with Crippen LogP contribution in [0.5, 0.6) is 17.2 Å². The number of nitrogens with one attached hydrogen (secondary N) is 1. The molecule has 2 aliphatic rings. The van der Waals surface area contributed by atoms with Crippen LogP contribution in [0.25, 0.3) is 0 Å². The summed E-state index contributed by atoms with van der Waals surface area (Å²) in [5.41, 5.74) is 1.91. The van der Waals surface area contributed by atoms with E-state index in [1.54, 1.807) is 30.3 Å². The van der Waals surface area contributed by atoms with E-state index in [-0.39, 0.29) is 35.8 Å². The molecule has 2 N–H and O–H groups in total. The fraction of sp³-hybridized carbons (Fsp3) is 0.0870. The number of phenols is 1. The van der Waals surface area contributed by atoms with Gasteiger partial charge in [0, 0.05) is 11.3 Å². The molecular formula is C23H16N2O6. The largest absolute Gasteiger partial charge is 0.508 e. The van der Waals surface area contributed by atoms with E-state index >= 15 is 0 Å². The lowest BCUT2D eigenvalue weighted by atomic mass is 10.1. The Labute approximate surface area is 176 Å². The number of fused-ring (bicyclic) bond motifs is 2. The first kappa shape index (κ1) is 18.7. The van der Waals surface area contributed by atoms with Crippen LogP contribution in [0.1, 0.15) is 36.6 Å². The Morgan fingerprint density at radius 3 is 2.45 bits per heavy atom. The maximum Gasteiger partial charge on any atom is 0.261 e. The molecule has 2 heterocycles. The van der Waals surface area contributed by atoms with E-state index in [1.165, 1.54) is 30.3 Å². The van der Waals surface area contributed by atoms with E-state index in [9.17, 15) is 19.5 Å².